The van der Waals surface area contributed by atoms with Gasteiger partial charge in [0.2, 0.25) is 0 Å². The molecule has 15 heavy (non-hydrogen) atoms. The fourth-order valence-electron chi connectivity index (χ4n) is 1.41. The minimum atomic E-state index is 0.606. The SMILES string of the molecule is C=C(C)CCNc1ccc(C(C)C)cc1. The Morgan fingerprint density at radius 3 is 2.33 bits per heavy atom. The molecule has 82 valence electrons. The average molecular weight is 203 g/mol. The zero-order valence-electron chi connectivity index (χ0n) is 10.0. The van der Waals surface area contributed by atoms with Gasteiger partial charge >= 0.3 is 0 Å². The van der Waals surface area contributed by atoms with E-state index in [9.17, 15) is 0 Å². The Bertz CT molecular complexity index is 309. The Morgan fingerprint density at radius 1 is 1.27 bits per heavy atom. The van der Waals surface area contributed by atoms with Crippen LogP contribution in [0.3, 0.4) is 0 Å². The zero-order chi connectivity index (χ0) is 11.3. The van der Waals surface area contributed by atoms with Gasteiger partial charge < -0.3 is 5.32 Å². The third kappa shape index (κ3) is 4.20. The topological polar surface area (TPSA) is 12.0 Å². The highest BCUT2D eigenvalue weighted by atomic mass is 14.9. The maximum atomic E-state index is 3.88. The second-order valence-corrected chi connectivity index (χ2v) is 4.41. The number of hydrogen-bond donors (Lipinski definition) is 1. The first-order chi connectivity index (χ1) is 7.09. The van der Waals surface area contributed by atoms with Crippen molar-refractivity contribution in [1.29, 1.82) is 0 Å². The molecule has 1 rings (SSSR count). The van der Waals surface area contributed by atoms with Gasteiger partial charge in [0.25, 0.3) is 0 Å². The maximum Gasteiger partial charge on any atom is 0.0340 e. The molecule has 0 saturated heterocycles. The summed E-state index contributed by atoms with van der Waals surface area (Å²) in [5, 5.41) is 3.38. The molecule has 0 bridgehead atoms. The Labute approximate surface area is 93.2 Å². The predicted molar refractivity (Wildman–Crippen MR) is 68.5 cm³/mol. The second kappa shape index (κ2) is 5.59. The van der Waals surface area contributed by atoms with E-state index in [0.29, 0.717) is 5.92 Å². The van der Waals surface area contributed by atoms with Gasteiger partial charge in [0.05, 0.1) is 0 Å². The van der Waals surface area contributed by atoms with Crippen LogP contribution in [-0.4, -0.2) is 6.54 Å². The van der Waals surface area contributed by atoms with E-state index in [0.717, 1.165) is 13.0 Å². The standard InChI is InChI=1S/C14H21N/c1-11(2)9-10-15-14-7-5-13(6-8-14)12(3)4/h5-8,12,15H,1,9-10H2,2-4H3. The van der Waals surface area contributed by atoms with Crippen molar-refractivity contribution in [3.63, 3.8) is 0 Å². The second-order valence-electron chi connectivity index (χ2n) is 4.41. The molecule has 0 aliphatic carbocycles. The van der Waals surface area contributed by atoms with E-state index < -0.39 is 0 Å². The van der Waals surface area contributed by atoms with Gasteiger partial charge in [-0.1, -0.05) is 31.6 Å². The van der Waals surface area contributed by atoms with Crippen LogP contribution in [-0.2, 0) is 0 Å². The van der Waals surface area contributed by atoms with Crippen LogP contribution in [0.4, 0.5) is 5.69 Å². The molecule has 1 nitrogen and oxygen atoms in total. The molecule has 1 aromatic carbocycles. The van der Waals surface area contributed by atoms with Crippen molar-refractivity contribution in [3.05, 3.63) is 42.0 Å². The van der Waals surface area contributed by atoms with Crippen molar-refractivity contribution in [3.8, 4) is 0 Å². The minimum Gasteiger partial charge on any atom is -0.385 e. The van der Waals surface area contributed by atoms with Gasteiger partial charge in [-0.25, -0.2) is 0 Å². The molecule has 0 fully saturated rings. The van der Waals surface area contributed by atoms with E-state index in [1.165, 1.54) is 16.8 Å². The largest absolute Gasteiger partial charge is 0.385 e. The molecule has 0 aliphatic heterocycles. The Balaban J connectivity index is 2.46. The number of hydrogen-bond acceptors (Lipinski definition) is 1. The summed E-state index contributed by atoms with van der Waals surface area (Å²) in [6.07, 6.45) is 1.03. The fourth-order valence-corrected chi connectivity index (χ4v) is 1.41. The van der Waals surface area contributed by atoms with Crippen LogP contribution in [0.25, 0.3) is 0 Å². The van der Waals surface area contributed by atoms with E-state index in [-0.39, 0.29) is 0 Å². The smallest absolute Gasteiger partial charge is 0.0340 e. The van der Waals surface area contributed by atoms with Crippen molar-refractivity contribution < 1.29 is 0 Å². The van der Waals surface area contributed by atoms with Gasteiger partial charge in [-0.05, 0) is 37.0 Å². The first kappa shape index (κ1) is 11.8. The lowest BCUT2D eigenvalue weighted by Crippen LogP contribution is -2.01. The van der Waals surface area contributed by atoms with Crippen molar-refractivity contribution in [2.75, 3.05) is 11.9 Å². The Kier molecular flexibility index (Phi) is 4.41. The lowest BCUT2D eigenvalue weighted by Gasteiger charge is -2.09. The van der Waals surface area contributed by atoms with Crippen LogP contribution in [0, 0.1) is 0 Å². The normalized spacial score (nSPS) is 10.4. The highest BCUT2D eigenvalue weighted by Crippen LogP contribution is 2.17. The van der Waals surface area contributed by atoms with Crippen LogP contribution in [0.1, 0.15) is 38.7 Å². The molecule has 1 aromatic rings. The molecular formula is C14H21N. The minimum absolute atomic E-state index is 0.606. The van der Waals surface area contributed by atoms with E-state index in [2.05, 4.69) is 56.9 Å². The van der Waals surface area contributed by atoms with E-state index in [1.54, 1.807) is 0 Å². The summed E-state index contributed by atoms with van der Waals surface area (Å²) in [7, 11) is 0. The van der Waals surface area contributed by atoms with E-state index >= 15 is 0 Å². The highest BCUT2D eigenvalue weighted by Gasteiger charge is 1.98. The molecule has 0 saturated carbocycles. The number of rotatable bonds is 5. The van der Waals surface area contributed by atoms with Crippen molar-refractivity contribution in [2.45, 2.75) is 33.1 Å². The summed E-state index contributed by atoms with van der Waals surface area (Å²) in [5.74, 6) is 0.606. The highest BCUT2D eigenvalue weighted by molar-refractivity contribution is 5.45. The van der Waals surface area contributed by atoms with Gasteiger partial charge in [0.1, 0.15) is 0 Å². The summed E-state index contributed by atoms with van der Waals surface area (Å²) in [6.45, 7) is 11.3. The van der Waals surface area contributed by atoms with Crippen LogP contribution in [0.15, 0.2) is 36.4 Å². The predicted octanol–water partition coefficient (Wildman–Crippen LogP) is 4.19. The Hall–Kier alpha value is -1.24. The van der Waals surface area contributed by atoms with Gasteiger partial charge in [-0.15, -0.1) is 6.58 Å². The average Bonchev–Trinajstić information content (AvgIpc) is 2.18. The van der Waals surface area contributed by atoms with Crippen LogP contribution < -0.4 is 5.32 Å². The molecule has 0 aliphatic rings. The molecular weight excluding hydrogens is 182 g/mol. The summed E-state index contributed by atoms with van der Waals surface area (Å²) in [5.41, 5.74) is 3.81. The maximum absolute atomic E-state index is 3.88. The summed E-state index contributed by atoms with van der Waals surface area (Å²) in [6, 6.07) is 8.67. The molecule has 0 spiro atoms. The van der Waals surface area contributed by atoms with Crippen LogP contribution in [0.5, 0.6) is 0 Å². The van der Waals surface area contributed by atoms with Crippen molar-refractivity contribution in [1.82, 2.24) is 0 Å². The monoisotopic (exact) mass is 203 g/mol. The molecule has 0 aromatic heterocycles. The third-order valence-electron chi connectivity index (χ3n) is 2.46. The number of benzene rings is 1. The molecule has 0 atom stereocenters. The van der Waals surface area contributed by atoms with Gasteiger partial charge in [0.15, 0.2) is 0 Å². The summed E-state index contributed by atoms with van der Waals surface area (Å²) in [4.78, 5) is 0. The van der Waals surface area contributed by atoms with Gasteiger partial charge in [-0.2, -0.15) is 0 Å². The first-order valence-corrected chi connectivity index (χ1v) is 5.58. The third-order valence-corrected chi connectivity index (χ3v) is 2.46. The zero-order valence-corrected chi connectivity index (χ0v) is 10.0. The molecule has 1 heteroatoms. The lowest BCUT2D eigenvalue weighted by atomic mass is 10.0. The lowest BCUT2D eigenvalue weighted by molar-refractivity contribution is 0.866. The molecule has 0 heterocycles. The van der Waals surface area contributed by atoms with Crippen molar-refractivity contribution >= 4 is 5.69 Å². The molecule has 0 radical (unpaired) electrons. The fraction of sp³-hybridized carbons (Fsp3) is 0.429. The molecule has 0 amide bonds. The number of anilines is 1. The van der Waals surface area contributed by atoms with E-state index in [1.807, 2.05) is 0 Å². The number of nitrogens with one attached hydrogen (secondary N) is 1. The van der Waals surface area contributed by atoms with Gasteiger partial charge in [0, 0.05) is 12.2 Å². The first-order valence-electron chi connectivity index (χ1n) is 5.58. The molecule has 0 unspecified atom stereocenters. The van der Waals surface area contributed by atoms with Crippen molar-refractivity contribution in [2.24, 2.45) is 0 Å². The van der Waals surface area contributed by atoms with E-state index in [4.69, 9.17) is 0 Å². The quantitative estimate of drug-likeness (QED) is 0.708. The van der Waals surface area contributed by atoms with Gasteiger partial charge in [-0.3, -0.25) is 0 Å². The van der Waals surface area contributed by atoms with Crippen LogP contribution >= 0.6 is 0 Å². The summed E-state index contributed by atoms with van der Waals surface area (Å²) >= 11 is 0. The van der Waals surface area contributed by atoms with Crippen LogP contribution in [0.2, 0.25) is 0 Å². The molecule has 1 N–H and O–H groups in total. The summed E-state index contributed by atoms with van der Waals surface area (Å²) < 4.78 is 0. The Morgan fingerprint density at radius 2 is 1.87 bits per heavy atom.